The van der Waals surface area contributed by atoms with Crippen LogP contribution in [-0.2, 0) is 4.74 Å². The Morgan fingerprint density at radius 3 is 2.25 bits per heavy atom. The van der Waals surface area contributed by atoms with Gasteiger partial charge in [-0.05, 0) is 25.2 Å². The molecule has 12 heavy (non-hydrogen) atoms. The molecule has 0 aromatic carbocycles. The summed E-state index contributed by atoms with van der Waals surface area (Å²) in [7, 11) is 0. The van der Waals surface area contributed by atoms with Gasteiger partial charge in [0.2, 0.25) is 0 Å². The number of aliphatic hydroxyl groups excluding tert-OH is 1. The minimum absolute atomic E-state index is 0.375. The van der Waals surface area contributed by atoms with E-state index in [0.29, 0.717) is 6.10 Å². The van der Waals surface area contributed by atoms with Crippen LogP contribution in [0.25, 0.3) is 0 Å². The van der Waals surface area contributed by atoms with Crippen LogP contribution in [0.5, 0.6) is 0 Å². The normalized spacial score (nSPS) is 38.8. The molecule has 0 aromatic rings. The number of hydrogen-bond acceptors (Lipinski definition) is 2. The van der Waals surface area contributed by atoms with Gasteiger partial charge in [0.15, 0.2) is 6.29 Å². The first-order chi connectivity index (χ1) is 5.86. The van der Waals surface area contributed by atoms with Gasteiger partial charge in [0.1, 0.15) is 0 Å². The van der Waals surface area contributed by atoms with Crippen LogP contribution < -0.4 is 0 Å². The Bertz CT molecular complexity index is 138. The highest BCUT2D eigenvalue weighted by atomic mass is 16.6. The lowest BCUT2D eigenvalue weighted by atomic mass is 9.84. The maximum absolute atomic E-state index is 9.21. The Morgan fingerprint density at radius 1 is 0.917 bits per heavy atom. The highest BCUT2D eigenvalue weighted by Crippen LogP contribution is 2.33. The monoisotopic (exact) mass is 170 g/mol. The molecule has 0 spiro atoms. The highest BCUT2D eigenvalue weighted by Gasteiger charge is 2.30. The van der Waals surface area contributed by atoms with Crippen LogP contribution >= 0.6 is 0 Å². The van der Waals surface area contributed by atoms with E-state index in [9.17, 15) is 5.11 Å². The van der Waals surface area contributed by atoms with Crippen LogP contribution in [0, 0.1) is 5.92 Å². The third-order valence-corrected chi connectivity index (χ3v) is 3.21. The predicted molar refractivity (Wildman–Crippen MR) is 46.7 cm³/mol. The summed E-state index contributed by atoms with van der Waals surface area (Å²) >= 11 is 0. The molecule has 1 saturated carbocycles. The lowest BCUT2D eigenvalue weighted by molar-refractivity contribution is -0.108. The van der Waals surface area contributed by atoms with Crippen molar-refractivity contribution in [1.29, 1.82) is 0 Å². The highest BCUT2D eigenvalue weighted by molar-refractivity contribution is 4.78. The molecule has 2 atom stereocenters. The van der Waals surface area contributed by atoms with Gasteiger partial charge in [0.05, 0.1) is 6.10 Å². The molecule has 2 nitrogen and oxygen atoms in total. The zero-order valence-corrected chi connectivity index (χ0v) is 7.54. The molecule has 0 radical (unpaired) electrons. The van der Waals surface area contributed by atoms with Crippen LogP contribution in [0.3, 0.4) is 0 Å². The molecule has 0 bridgehead atoms. The van der Waals surface area contributed by atoms with Crippen molar-refractivity contribution < 1.29 is 9.84 Å². The topological polar surface area (TPSA) is 29.5 Å². The smallest absolute Gasteiger partial charge is 0.155 e. The van der Waals surface area contributed by atoms with Crippen molar-refractivity contribution in [3.8, 4) is 0 Å². The Morgan fingerprint density at radius 2 is 1.67 bits per heavy atom. The SMILES string of the molecule is O[C@H]1CC[C@H](C2CCCCC2)O1. The van der Waals surface area contributed by atoms with E-state index >= 15 is 0 Å². The van der Waals surface area contributed by atoms with E-state index in [2.05, 4.69) is 0 Å². The Hall–Kier alpha value is -0.0800. The van der Waals surface area contributed by atoms with Gasteiger partial charge in [-0.2, -0.15) is 0 Å². The van der Waals surface area contributed by atoms with Crippen molar-refractivity contribution in [1.82, 2.24) is 0 Å². The van der Waals surface area contributed by atoms with E-state index in [-0.39, 0.29) is 0 Å². The Balaban J connectivity index is 1.83. The summed E-state index contributed by atoms with van der Waals surface area (Å²) in [4.78, 5) is 0. The Labute approximate surface area is 73.9 Å². The molecule has 1 N–H and O–H groups in total. The fraction of sp³-hybridized carbons (Fsp3) is 1.00. The molecule has 2 fully saturated rings. The van der Waals surface area contributed by atoms with Gasteiger partial charge >= 0.3 is 0 Å². The second-order valence-corrected chi connectivity index (χ2v) is 4.10. The summed E-state index contributed by atoms with van der Waals surface area (Å²) < 4.78 is 5.46. The molecule has 0 unspecified atom stereocenters. The molecule has 70 valence electrons. The van der Waals surface area contributed by atoms with Crippen LogP contribution in [0.4, 0.5) is 0 Å². The summed E-state index contributed by atoms with van der Waals surface area (Å²) in [6.07, 6.45) is 8.59. The van der Waals surface area contributed by atoms with Gasteiger partial charge in [-0.1, -0.05) is 19.3 Å². The van der Waals surface area contributed by atoms with E-state index in [0.717, 1.165) is 18.8 Å². The first-order valence-corrected chi connectivity index (χ1v) is 5.20. The standard InChI is InChI=1S/C10H18O2/c11-10-7-6-9(12-10)8-4-2-1-3-5-8/h8-11H,1-7H2/t9-,10-/m1/s1. The second kappa shape index (κ2) is 3.75. The number of rotatable bonds is 1. The van der Waals surface area contributed by atoms with Crippen molar-refractivity contribution in [2.24, 2.45) is 5.92 Å². The fourth-order valence-corrected chi connectivity index (χ4v) is 2.50. The summed E-state index contributed by atoms with van der Waals surface area (Å²) in [6.45, 7) is 0. The van der Waals surface area contributed by atoms with Crippen LogP contribution in [0.15, 0.2) is 0 Å². The van der Waals surface area contributed by atoms with Crippen molar-refractivity contribution in [2.45, 2.75) is 57.3 Å². The van der Waals surface area contributed by atoms with Crippen LogP contribution in [-0.4, -0.2) is 17.5 Å². The number of ether oxygens (including phenoxy) is 1. The van der Waals surface area contributed by atoms with E-state index in [1.807, 2.05) is 0 Å². The van der Waals surface area contributed by atoms with Gasteiger partial charge in [-0.25, -0.2) is 0 Å². The van der Waals surface area contributed by atoms with Crippen LogP contribution in [0.1, 0.15) is 44.9 Å². The average Bonchev–Trinajstić information content (AvgIpc) is 2.54. The second-order valence-electron chi connectivity index (χ2n) is 4.10. The molecule has 2 rings (SSSR count). The van der Waals surface area contributed by atoms with Gasteiger partial charge in [-0.15, -0.1) is 0 Å². The first kappa shape index (κ1) is 8.52. The molecular weight excluding hydrogens is 152 g/mol. The molecule has 1 aliphatic heterocycles. The van der Waals surface area contributed by atoms with Gasteiger partial charge in [-0.3, -0.25) is 0 Å². The molecule has 1 aliphatic carbocycles. The zero-order valence-electron chi connectivity index (χ0n) is 7.54. The lowest BCUT2D eigenvalue weighted by Gasteiger charge is -2.26. The number of hydrogen-bond donors (Lipinski definition) is 1. The zero-order chi connectivity index (χ0) is 8.39. The van der Waals surface area contributed by atoms with E-state index < -0.39 is 6.29 Å². The summed E-state index contributed by atoms with van der Waals surface area (Å²) in [5.41, 5.74) is 0. The molecule has 0 amide bonds. The average molecular weight is 170 g/mol. The van der Waals surface area contributed by atoms with Gasteiger partial charge < -0.3 is 9.84 Å². The van der Waals surface area contributed by atoms with Gasteiger partial charge in [0.25, 0.3) is 0 Å². The maximum Gasteiger partial charge on any atom is 0.155 e. The maximum atomic E-state index is 9.21. The molecule has 1 saturated heterocycles. The number of aliphatic hydroxyl groups is 1. The molecule has 1 heterocycles. The molecular formula is C10H18O2. The predicted octanol–water partition coefficient (Wildman–Crippen LogP) is 2.06. The van der Waals surface area contributed by atoms with E-state index in [1.165, 1.54) is 32.1 Å². The summed E-state index contributed by atoms with van der Waals surface area (Å²) in [6, 6.07) is 0. The fourth-order valence-electron chi connectivity index (χ4n) is 2.50. The molecule has 2 heteroatoms. The van der Waals surface area contributed by atoms with Crippen molar-refractivity contribution in [2.75, 3.05) is 0 Å². The first-order valence-electron chi connectivity index (χ1n) is 5.20. The molecule has 2 aliphatic rings. The lowest BCUT2D eigenvalue weighted by Crippen LogP contribution is -2.23. The van der Waals surface area contributed by atoms with E-state index in [1.54, 1.807) is 0 Å². The Kier molecular flexibility index (Phi) is 2.66. The quantitative estimate of drug-likeness (QED) is 0.652. The largest absolute Gasteiger partial charge is 0.368 e. The van der Waals surface area contributed by atoms with E-state index in [4.69, 9.17) is 4.74 Å². The minimum Gasteiger partial charge on any atom is -0.368 e. The van der Waals surface area contributed by atoms with Crippen molar-refractivity contribution in [3.05, 3.63) is 0 Å². The van der Waals surface area contributed by atoms with Crippen LogP contribution in [0.2, 0.25) is 0 Å². The van der Waals surface area contributed by atoms with Gasteiger partial charge in [0, 0.05) is 6.42 Å². The third kappa shape index (κ3) is 1.80. The van der Waals surface area contributed by atoms with Crippen molar-refractivity contribution in [3.63, 3.8) is 0 Å². The summed E-state index contributed by atoms with van der Waals surface area (Å²) in [5.74, 6) is 0.746. The summed E-state index contributed by atoms with van der Waals surface area (Å²) in [5, 5.41) is 9.21. The van der Waals surface area contributed by atoms with Crippen molar-refractivity contribution >= 4 is 0 Å². The third-order valence-electron chi connectivity index (χ3n) is 3.21. The minimum atomic E-state index is -0.461. The molecule has 0 aromatic heterocycles.